The van der Waals surface area contributed by atoms with E-state index in [1.807, 2.05) is 31.2 Å². The maximum atomic E-state index is 12.6. The van der Waals surface area contributed by atoms with Crippen LogP contribution < -0.4 is 15.0 Å². The molecule has 1 atom stereocenters. The number of nitrogens with one attached hydrogen (secondary N) is 1. The van der Waals surface area contributed by atoms with E-state index < -0.39 is 16.7 Å². The maximum Gasteiger partial charge on any atom is 0.296 e. The van der Waals surface area contributed by atoms with E-state index in [-0.39, 0.29) is 30.2 Å². The molecule has 1 fully saturated rings. The molecule has 27 heavy (non-hydrogen) atoms. The highest BCUT2D eigenvalue weighted by Gasteiger charge is 2.36. The first-order valence-electron chi connectivity index (χ1n) is 8.40. The molecule has 0 spiro atoms. The van der Waals surface area contributed by atoms with Gasteiger partial charge in [-0.25, -0.2) is 0 Å². The van der Waals surface area contributed by atoms with Gasteiger partial charge in [-0.05, 0) is 30.7 Å². The zero-order valence-corrected chi connectivity index (χ0v) is 15.0. The Bertz CT molecular complexity index is 912. The van der Waals surface area contributed by atoms with Crippen molar-refractivity contribution in [2.75, 3.05) is 23.9 Å². The molecule has 8 heteroatoms. The molecule has 1 N–H and O–H groups in total. The highest BCUT2D eigenvalue weighted by Crippen LogP contribution is 2.31. The minimum absolute atomic E-state index is 0.0596. The average molecular weight is 369 g/mol. The Balaban J connectivity index is 1.77. The number of benzene rings is 2. The van der Waals surface area contributed by atoms with Gasteiger partial charge in [0.1, 0.15) is 11.4 Å². The molecule has 0 radical (unpaired) electrons. The number of carbonyl (C=O) groups is 2. The molecular weight excluding hydrogens is 350 g/mol. The number of para-hydroxylation sites is 1. The van der Waals surface area contributed by atoms with E-state index in [9.17, 15) is 19.7 Å². The van der Waals surface area contributed by atoms with Crippen molar-refractivity contribution in [2.24, 2.45) is 5.92 Å². The van der Waals surface area contributed by atoms with Crippen LogP contribution in [0.15, 0.2) is 42.5 Å². The van der Waals surface area contributed by atoms with Gasteiger partial charge in [0.05, 0.1) is 24.0 Å². The van der Waals surface area contributed by atoms with Crippen molar-refractivity contribution in [3.63, 3.8) is 0 Å². The van der Waals surface area contributed by atoms with Gasteiger partial charge in [-0.15, -0.1) is 0 Å². The first-order chi connectivity index (χ1) is 12.9. The number of aryl methyl sites for hydroxylation is 1. The molecule has 0 aliphatic carbocycles. The molecule has 1 saturated heterocycles. The lowest BCUT2D eigenvalue weighted by Gasteiger charge is -2.19. The zero-order chi connectivity index (χ0) is 19.6. The summed E-state index contributed by atoms with van der Waals surface area (Å²) in [6.07, 6.45) is 0.0596. The van der Waals surface area contributed by atoms with Gasteiger partial charge in [-0.3, -0.25) is 19.7 Å². The average Bonchev–Trinajstić information content (AvgIpc) is 3.04. The zero-order valence-electron chi connectivity index (χ0n) is 15.0. The first kappa shape index (κ1) is 18.4. The summed E-state index contributed by atoms with van der Waals surface area (Å²) in [6.45, 7) is 2.14. The van der Waals surface area contributed by atoms with Crippen LogP contribution in [-0.4, -0.2) is 30.4 Å². The number of amides is 2. The van der Waals surface area contributed by atoms with Crippen LogP contribution in [0.2, 0.25) is 0 Å². The van der Waals surface area contributed by atoms with E-state index in [1.165, 1.54) is 25.3 Å². The Morgan fingerprint density at radius 2 is 2.04 bits per heavy atom. The molecule has 0 bridgehead atoms. The molecule has 1 aliphatic rings. The Morgan fingerprint density at radius 1 is 1.30 bits per heavy atom. The SMILES string of the molecule is COc1ccc(NC(=O)C2CC(=O)N(c3ccccc3C)C2)c([N+](=O)[O-])c1. The summed E-state index contributed by atoms with van der Waals surface area (Å²) in [5, 5.41) is 13.8. The van der Waals surface area contributed by atoms with Crippen molar-refractivity contribution in [3.8, 4) is 5.75 Å². The van der Waals surface area contributed by atoms with E-state index in [2.05, 4.69) is 5.32 Å². The van der Waals surface area contributed by atoms with Gasteiger partial charge in [-0.1, -0.05) is 18.2 Å². The second-order valence-corrected chi connectivity index (χ2v) is 6.32. The number of carbonyl (C=O) groups excluding carboxylic acids is 2. The lowest BCUT2D eigenvalue weighted by Crippen LogP contribution is -2.28. The molecule has 3 rings (SSSR count). The van der Waals surface area contributed by atoms with Crippen LogP contribution in [0.1, 0.15) is 12.0 Å². The smallest absolute Gasteiger partial charge is 0.296 e. The number of anilines is 2. The van der Waals surface area contributed by atoms with Crippen LogP contribution in [0.5, 0.6) is 5.75 Å². The minimum atomic E-state index is -0.586. The number of methoxy groups -OCH3 is 1. The van der Waals surface area contributed by atoms with Gasteiger partial charge in [0.15, 0.2) is 0 Å². The van der Waals surface area contributed by atoms with Gasteiger partial charge in [0.25, 0.3) is 5.69 Å². The second kappa shape index (κ2) is 7.45. The Morgan fingerprint density at radius 3 is 2.70 bits per heavy atom. The molecule has 8 nitrogen and oxygen atoms in total. The minimum Gasteiger partial charge on any atom is -0.496 e. The van der Waals surface area contributed by atoms with E-state index in [0.717, 1.165) is 11.3 Å². The number of ether oxygens (including phenoxy) is 1. The molecule has 2 aromatic carbocycles. The number of nitro benzene ring substituents is 1. The topological polar surface area (TPSA) is 102 Å². The summed E-state index contributed by atoms with van der Waals surface area (Å²) in [7, 11) is 1.40. The van der Waals surface area contributed by atoms with E-state index in [4.69, 9.17) is 4.74 Å². The van der Waals surface area contributed by atoms with Gasteiger partial charge in [-0.2, -0.15) is 0 Å². The second-order valence-electron chi connectivity index (χ2n) is 6.32. The predicted octanol–water partition coefficient (Wildman–Crippen LogP) is 2.90. The normalized spacial score (nSPS) is 16.3. The summed E-state index contributed by atoms with van der Waals surface area (Å²) >= 11 is 0. The maximum absolute atomic E-state index is 12.6. The summed E-state index contributed by atoms with van der Waals surface area (Å²) in [5.74, 6) is -0.832. The largest absolute Gasteiger partial charge is 0.496 e. The summed E-state index contributed by atoms with van der Waals surface area (Å²) in [5.41, 5.74) is 1.53. The van der Waals surface area contributed by atoms with Crippen molar-refractivity contribution < 1.29 is 19.2 Å². The lowest BCUT2D eigenvalue weighted by molar-refractivity contribution is -0.384. The van der Waals surface area contributed by atoms with Crippen LogP contribution in [0.25, 0.3) is 0 Å². The lowest BCUT2D eigenvalue weighted by atomic mass is 10.1. The van der Waals surface area contributed by atoms with E-state index in [1.54, 1.807) is 4.90 Å². The molecule has 1 heterocycles. The molecule has 140 valence electrons. The fourth-order valence-corrected chi connectivity index (χ4v) is 3.11. The van der Waals surface area contributed by atoms with Crippen molar-refractivity contribution in [1.29, 1.82) is 0 Å². The third kappa shape index (κ3) is 3.74. The number of nitrogens with zero attached hydrogens (tertiary/aromatic N) is 2. The molecular formula is C19H19N3O5. The Labute approximate surface area is 155 Å². The van der Waals surface area contributed by atoms with Gasteiger partial charge >= 0.3 is 0 Å². The highest BCUT2D eigenvalue weighted by molar-refractivity contribution is 6.04. The van der Waals surface area contributed by atoms with Crippen molar-refractivity contribution in [1.82, 2.24) is 0 Å². The molecule has 1 aliphatic heterocycles. The fourth-order valence-electron chi connectivity index (χ4n) is 3.11. The van der Waals surface area contributed by atoms with Crippen LogP contribution in [0, 0.1) is 23.0 Å². The molecule has 0 aromatic heterocycles. The summed E-state index contributed by atoms with van der Waals surface area (Å²) < 4.78 is 4.98. The third-order valence-electron chi connectivity index (χ3n) is 4.56. The van der Waals surface area contributed by atoms with Crippen LogP contribution >= 0.6 is 0 Å². The molecule has 1 unspecified atom stereocenters. The fraction of sp³-hybridized carbons (Fsp3) is 0.263. The standard InChI is InChI=1S/C19H19N3O5/c1-12-5-3-4-6-16(12)21-11-13(9-18(21)23)19(24)20-15-8-7-14(27-2)10-17(15)22(25)26/h3-8,10,13H,9,11H2,1-2H3,(H,20,24). The van der Waals surface area contributed by atoms with E-state index in [0.29, 0.717) is 5.75 Å². The van der Waals surface area contributed by atoms with Gasteiger partial charge in [0.2, 0.25) is 11.8 Å². The van der Waals surface area contributed by atoms with Gasteiger partial charge in [0, 0.05) is 18.7 Å². The van der Waals surface area contributed by atoms with Crippen molar-refractivity contribution >= 4 is 28.9 Å². The Kier molecular flexibility index (Phi) is 5.07. The Hall–Kier alpha value is -3.42. The molecule has 2 aromatic rings. The molecule has 0 saturated carbocycles. The molecule has 2 amide bonds. The van der Waals surface area contributed by atoms with Crippen molar-refractivity contribution in [3.05, 3.63) is 58.1 Å². The number of hydrogen-bond donors (Lipinski definition) is 1. The van der Waals surface area contributed by atoms with Gasteiger partial charge < -0.3 is 15.0 Å². The van der Waals surface area contributed by atoms with Crippen molar-refractivity contribution in [2.45, 2.75) is 13.3 Å². The summed E-state index contributed by atoms with van der Waals surface area (Å²) in [4.78, 5) is 37.2. The summed E-state index contributed by atoms with van der Waals surface area (Å²) in [6, 6.07) is 11.6. The van der Waals surface area contributed by atoms with Crippen LogP contribution in [-0.2, 0) is 9.59 Å². The van der Waals surface area contributed by atoms with Crippen LogP contribution in [0.4, 0.5) is 17.1 Å². The monoisotopic (exact) mass is 369 g/mol. The number of nitro groups is 1. The first-order valence-corrected chi connectivity index (χ1v) is 8.40. The third-order valence-corrected chi connectivity index (χ3v) is 4.56. The highest BCUT2D eigenvalue weighted by atomic mass is 16.6. The van der Waals surface area contributed by atoms with Crippen LogP contribution in [0.3, 0.4) is 0 Å². The quantitative estimate of drug-likeness (QED) is 0.645. The van der Waals surface area contributed by atoms with E-state index >= 15 is 0 Å². The number of hydrogen-bond acceptors (Lipinski definition) is 5. The number of rotatable bonds is 5. The predicted molar refractivity (Wildman–Crippen MR) is 99.9 cm³/mol.